The van der Waals surface area contributed by atoms with E-state index in [1.165, 1.54) is 18.7 Å². The smallest absolute Gasteiger partial charge is 0.399 e. The summed E-state index contributed by atoms with van der Waals surface area (Å²) < 4.78 is 56.6. The van der Waals surface area contributed by atoms with E-state index in [-0.39, 0.29) is 62.2 Å². The lowest BCUT2D eigenvalue weighted by molar-refractivity contribution is -0.140. The Morgan fingerprint density at radius 3 is 1.23 bits per heavy atom. The van der Waals surface area contributed by atoms with Gasteiger partial charge in [0.1, 0.15) is 19.8 Å². The van der Waals surface area contributed by atoms with Gasteiger partial charge in [-0.1, -0.05) is 109 Å². The van der Waals surface area contributed by atoms with Gasteiger partial charge in [0.25, 0.3) is 0 Å². The third kappa shape index (κ3) is 83.3. The van der Waals surface area contributed by atoms with Crippen molar-refractivity contribution in [1.29, 1.82) is 0 Å². The minimum absolute atomic E-state index is 0.0465. The molecule has 0 spiro atoms. The molecule has 2 N–H and O–H groups in total. The molecule has 0 aromatic heterocycles. The summed E-state index contributed by atoms with van der Waals surface area (Å²) in [5, 5.41) is 15.7. The third-order valence-corrected chi connectivity index (χ3v) is 8.75. The van der Waals surface area contributed by atoms with Crippen LogP contribution in [0.5, 0.6) is 0 Å². The summed E-state index contributed by atoms with van der Waals surface area (Å²) in [6.07, 6.45) is 11.3. The minimum atomic E-state index is -3.68. The zero-order valence-corrected chi connectivity index (χ0v) is 52.1. The second kappa shape index (κ2) is 66.9. The van der Waals surface area contributed by atoms with E-state index >= 15 is 0 Å². The standard InChI is InChI=1S/2C8H15NO2.C8H8.C7H12O2.C6H9NO.C5H8O3.2C5H8O2.C4H10O4S.C3H4O2/c2*1-7(2)8(10)11-6-5-9(3)4;1-2-8-6-4-3-5-7-8;1-3-5-6-9-7(8)4-2;1-2-7-5-3-4-6(7)8;1-2-5(7)8-4-3-6;1-4(2)5(6)7-3;1-3-5(6)7-4-2;1-3-7-9(5,6)8-4-2;1-2-3(4)5/h2*1,5-6H2,2-4H3;2-7H,1H2;4H,2-3,5-6H2,1H3;2H,1,3-5H2;2,6H,1,3-4H2;1H2,2-3H3;3H,1,4H2,2H3;3-4H2,1-2H3;2H,1H2,(H,4,5). The molecule has 474 valence electrons. The number of likely N-dealkylation sites (tertiary alicyclic amines) is 1. The molecular formula is C59H97N3O20S. The molecule has 2 rings (SSSR count). The van der Waals surface area contributed by atoms with Crippen LogP contribution in [0.3, 0.4) is 0 Å². The topological polar surface area (TPSA) is 295 Å². The minimum Gasteiger partial charge on any atom is -0.478 e. The molecule has 0 radical (unpaired) electrons. The fourth-order valence-corrected chi connectivity index (χ4v) is 4.26. The Hall–Kier alpha value is -7.61. The van der Waals surface area contributed by atoms with Gasteiger partial charge in [0.2, 0.25) is 5.91 Å². The van der Waals surface area contributed by atoms with E-state index in [9.17, 15) is 46.8 Å². The Morgan fingerprint density at radius 2 is 1.01 bits per heavy atom. The van der Waals surface area contributed by atoms with Crippen molar-refractivity contribution in [1.82, 2.24) is 14.7 Å². The predicted octanol–water partition coefficient (Wildman–Crippen LogP) is 7.67. The summed E-state index contributed by atoms with van der Waals surface area (Å²) in [5.41, 5.74) is 2.50. The number of hydrogen-bond acceptors (Lipinski definition) is 21. The van der Waals surface area contributed by atoms with Gasteiger partial charge in [-0.15, -0.1) is 0 Å². The average Bonchev–Trinajstić information content (AvgIpc) is 3.88. The Labute approximate surface area is 495 Å². The highest BCUT2D eigenvalue weighted by atomic mass is 32.3. The van der Waals surface area contributed by atoms with Crippen molar-refractivity contribution in [3.05, 3.63) is 142 Å². The highest BCUT2D eigenvalue weighted by Gasteiger charge is 2.16. The van der Waals surface area contributed by atoms with Gasteiger partial charge in [0.15, 0.2) is 0 Å². The number of aliphatic carboxylic acids is 1. The van der Waals surface area contributed by atoms with Gasteiger partial charge in [-0.05, 0) is 94.3 Å². The lowest BCUT2D eigenvalue weighted by atomic mass is 10.2. The molecule has 23 nitrogen and oxygen atoms in total. The molecule has 0 atom stereocenters. The van der Waals surface area contributed by atoms with E-state index in [0.717, 1.165) is 57.1 Å². The number of ether oxygens (including phenoxy) is 6. The van der Waals surface area contributed by atoms with Gasteiger partial charge in [0.05, 0.1) is 40.1 Å². The molecule has 1 aliphatic rings. The first-order valence-electron chi connectivity index (χ1n) is 25.5. The Balaban J connectivity index is -0.000000126. The van der Waals surface area contributed by atoms with Crippen molar-refractivity contribution < 1.29 is 93.8 Å². The Morgan fingerprint density at radius 1 is 0.614 bits per heavy atom. The summed E-state index contributed by atoms with van der Waals surface area (Å²) in [7, 11) is 5.35. The number of aliphatic hydroxyl groups is 1. The fourth-order valence-electron chi connectivity index (χ4n) is 3.62. The van der Waals surface area contributed by atoms with Crippen LogP contribution in [0.15, 0.2) is 137 Å². The van der Waals surface area contributed by atoms with Crippen molar-refractivity contribution >= 4 is 64.2 Å². The fraction of sp³-hybridized carbons (Fsp3) is 0.458. The average molecular weight is 1200 g/mol. The number of amides is 1. The van der Waals surface area contributed by atoms with Crippen molar-refractivity contribution in [3.8, 4) is 0 Å². The van der Waals surface area contributed by atoms with Crippen LogP contribution in [0, 0.1) is 0 Å². The van der Waals surface area contributed by atoms with E-state index in [0.29, 0.717) is 49.6 Å². The molecule has 1 fully saturated rings. The van der Waals surface area contributed by atoms with Crippen LogP contribution in [0.2, 0.25) is 0 Å². The molecule has 1 aromatic rings. The van der Waals surface area contributed by atoms with Crippen LogP contribution in [0.1, 0.15) is 79.7 Å². The van der Waals surface area contributed by atoms with Crippen molar-refractivity contribution in [3.63, 3.8) is 0 Å². The van der Waals surface area contributed by atoms with Gasteiger partial charge in [-0.3, -0.25) is 4.79 Å². The number of carboxylic acid groups (broad SMARTS) is 1. The normalized spacial score (nSPS) is 9.96. The third-order valence-electron chi connectivity index (χ3n) is 7.70. The first-order valence-corrected chi connectivity index (χ1v) is 26.8. The maximum Gasteiger partial charge on any atom is 0.399 e. The molecule has 1 aromatic carbocycles. The Kier molecular flexibility index (Phi) is 74.0. The number of carboxylic acids is 1. The van der Waals surface area contributed by atoms with Crippen LogP contribution in [-0.4, -0.2) is 189 Å². The first-order chi connectivity index (χ1) is 38.8. The number of likely N-dealkylation sites (N-methyl/N-ethyl adjacent to an activating group) is 2. The lowest BCUT2D eigenvalue weighted by Crippen LogP contribution is -2.20. The largest absolute Gasteiger partial charge is 0.478 e. The predicted molar refractivity (Wildman–Crippen MR) is 324 cm³/mol. The molecule has 0 aliphatic carbocycles. The van der Waals surface area contributed by atoms with Crippen LogP contribution < -0.4 is 0 Å². The van der Waals surface area contributed by atoms with E-state index in [2.05, 4.69) is 86.5 Å². The number of rotatable bonds is 25. The van der Waals surface area contributed by atoms with E-state index in [4.69, 9.17) is 19.7 Å². The molecule has 0 bridgehead atoms. The monoisotopic (exact) mass is 1200 g/mol. The number of unbranched alkanes of at least 4 members (excludes halogenated alkanes) is 1. The molecule has 1 amide bonds. The maximum absolute atomic E-state index is 10.8. The zero-order valence-electron chi connectivity index (χ0n) is 51.3. The second-order valence-corrected chi connectivity index (χ2v) is 17.0. The summed E-state index contributed by atoms with van der Waals surface area (Å²) >= 11 is 0. The van der Waals surface area contributed by atoms with E-state index in [1.54, 1.807) is 52.6 Å². The Bertz CT molecular complexity index is 2090. The lowest BCUT2D eigenvalue weighted by Gasteiger charge is -2.09. The van der Waals surface area contributed by atoms with Crippen molar-refractivity contribution in [2.24, 2.45) is 0 Å². The molecule has 0 saturated carbocycles. The molecule has 1 aliphatic heterocycles. The number of benzene rings is 1. The summed E-state index contributed by atoms with van der Waals surface area (Å²) in [6.45, 7) is 46.1. The molecule has 1 saturated heterocycles. The van der Waals surface area contributed by atoms with Crippen LogP contribution in [0.25, 0.3) is 6.08 Å². The summed E-state index contributed by atoms with van der Waals surface area (Å²) in [6, 6.07) is 10.0. The van der Waals surface area contributed by atoms with Gasteiger partial charge in [-0.25, -0.2) is 41.9 Å². The first kappa shape index (κ1) is 91.9. The van der Waals surface area contributed by atoms with Gasteiger partial charge in [-0.2, -0.15) is 8.42 Å². The van der Waals surface area contributed by atoms with Crippen molar-refractivity contribution in [2.45, 2.75) is 74.1 Å². The summed E-state index contributed by atoms with van der Waals surface area (Å²) in [4.78, 5) is 87.8. The quantitative estimate of drug-likeness (QED) is 0.0410. The number of esters is 6. The number of hydrogen-bond donors (Lipinski definition) is 2. The number of carbonyl (C=O) groups excluding carboxylic acids is 7. The van der Waals surface area contributed by atoms with Gasteiger partial charge < -0.3 is 53.3 Å². The number of methoxy groups -OCH3 is 1. The zero-order chi connectivity index (χ0) is 66.2. The molecule has 83 heavy (non-hydrogen) atoms. The van der Waals surface area contributed by atoms with E-state index in [1.807, 2.05) is 81.3 Å². The maximum atomic E-state index is 10.8. The van der Waals surface area contributed by atoms with Gasteiger partial charge >= 0.3 is 52.2 Å². The highest BCUT2D eigenvalue weighted by Crippen LogP contribution is 2.08. The molecular weight excluding hydrogens is 1100 g/mol. The van der Waals surface area contributed by atoms with Crippen molar-refractivity contribution in [2.75, 3.05) is 108 Å². The molecule has 1 heterocycles. The number of aliphatic hydroxyl groups excluding tert-OH is 1. The number of carbonyl (C=O) groups is 8. The molecule has 0 unspecified atom stereocenters. The van der Waals surface area contributed by atoms with Crippen LogP contribution in [0.4, 0.5) is 0 Å². The van der Waals surface area contributed by atoms with E-state index < -0.39 is 22.3 Å². The second-order valence-electron chi connectivity index (χ2n) is 15.7. The van der Waals surface area contributed by atoms with Crippen LogP contribution in [-0.2, 0) is 85.5 Å². The van der Waals surface area contributed by atoms with Crippen LogP contribution >= 0.6 is 0 Å². The number of nitrogens with zero attached hydrogens (tertiary/aromatic N) is 3. The highest BCUT2D eigenvalue weighted by molar-refractivity contribution is 7.81. The van der Waals surface area contributed by atoms with Gasteiger partial charge in [0, 0.05) is 67.1 Å². The molecule has 24 heteroatoms. The SMILES string of the molecule is C=C(C)C(=O)OC.C=C(C)C(=O)OCCN(C)C.C=C(C)C(=O)OCCN(C)C.C=CC(=O)O.C=CC(=O)OCC.C=CC(=O)OCCCC.C=CC(=O)OCCO.C=CN1CCCC1=O.C=Cc1ccccc1.CCOS(=O)(=O)OCC. The summed E-state index contributed by atoms with van der Waals surface area (Å²) in [5.74, 6) is -2.94.